The van der Waals surface area contributed by atoms with Crippen molar-refractivity contribution in [2.24, 2.45) is 10.9 Å². The van der Waals surface area contributed by atoms with Crippen molar-refractivity contribution in [2.75, 3.05) is 13.1 Å². The Bertz CT molecular complexity index is 1120. The molecule has 5 rings (SSSR count). The van der Waals surface area contributed by atoms with E-state index in [9.17, 15) is 4.79 Å². The Kier molecular flexibility index (Phi) is 6.14. The molecule has 1 saturated carbocycles. The lowest BCUT2D eigenvalue weighted by molar-refractivity contribution is -0.128. The molecule has 0 radical (unpaired) electrons. The lowest BCUT2D eigenvalue weighted by Gasteiger charge is -2.37. The summed E-state index contributed by atoms with van der Waals surface area (Å²) in [6, 6.07) is 21.4. The van der Waals surface area contributed by atoms with Gasteiger partial charge in [-0.25, -0.2) is 0 Å². The summed E-state index contributed by atoms with van der Waals surface area (Å²) in [7, 11) is 0. The predicted octanol–water partition coefficient (Wildman–Crippen LogP) is 4.78. The van der Waals surface area contributed by atoms with Crippen LogP contribution < -0.4 is 5.32 Å². The molecule has 1 fully saturated rings. The van der Waals surface area contributed by atoms with Crippen molar-refractivity contribution in [2.45, 2.75) is 30.8 Å². The zero-order chi connectivity index (χ0) is 22.7. The molecule has 1 N–H and O–H groups in total. The first kappa shape index (κ1) is 21.7. The van der Waals surface area contributed by atoms with Gasteiger partial charge in [-0.15, -0.1) is 0 Å². The van der Waals surface area contributed by atoms with Crippen LogP contribution in [0.3, 0.4) is 0 Å². The molecule has 0 spiro atoms. The first-order valence-corrected chi connectivity index (χ1v) is 11.8. The van der Waals surface area contributed by atoms with Crippen molar-refractivity contribution in [3.63, 3.8) is 0 Å². The third-order valence-corrected chi connectivity index (χ3v) is 6.75. The number of hydrogen-bond acceptors (Lipinski definition) is 4. The number of nitrogens with one attached hydrogen (secondary N) is 1. The summed E-state index contributed by atoms with van der Waals surface area (Å²) < 4.78 is 0. The quantitative estimate of drug-likeness (QED) is 0.528. The van der Waals surface area contributed by atoms with E-state index in [0.29, 0.717) is 17.5 Å². The van der Waals surface area contributed by atoms with Gasteiger partial charge in [0, 0.05) is 30.5 Å². The van der Waals surface area contributed by atoms with Gasteiger partial charge in [-0.2, -0.15) is 0 Å². The minimum atomic E-state index is -1.07. The smallest absolute Gasteiger partial charge is 0.255 e. The molecule has 1 aliphatic carbocycles. The SMILES string of the molecule is O=C(NCCc1ccncc1)C1(c2ccccc2)N=CN(CC2CC2)C1c1ccc(Cl)cc1. The van der Waals surface area contributed by atoms with Crippen LogP contribution in [0, 0.1) is 5.92 Å². The molecule has 3 aromatic rings. The number of aromatic nitrogens is 1. The van der Waals surface area contributed by atoms with E-state index in [4.69, 9.17) is 16.6 Å². The summed E-state index contributed by atoms with van der Waals surface area (Å²) in [5.41, 5.74) is 1.99. The summed E-state index contributed by atoms with van der Waals surface area (Å²) in [5.74, 6) is 0.574. The molecule has 1 amide bonds. The lowest BCUT2D eigenvalue weighted by atomic mass is 9.79. The molecule has 168 valence electrons. The second kappa shape index (κ2) is 9.36. The van der Waals surface area contributed by atoms with E-state index in [1.807, 2.05) is 73.1 Å². The maximum absolute atomic E-state index is 14.0. The Hall–Kier alpha value is -3.18. The number of nitrogens with zero attached hydrogens (tertiary/aromatic N) is 3. The summed E-state index contributed by atoms with van der Waals surface area (Å²) in [6.45, 7) is 1.43. The van der Waals surface area contributed by atoms with Crippen LogP contribution in [0.4, 0.5) is 0 Å². The molecule has 2 aliphatic rings. The standard InChI is InChI=1S/C27H27ClN4O/c28-24-10-8-22(9-11-24)25-27(23-4-2-1-3-5-23,31-19-32(25)18-21-6-7-21)26(33)30-17-14-20-12-15-29-16-13-20/h1-5,8-13,15-16,19,21,25H,6-7,14,17-18H2,(H,30,33). The van der Waals surface area contributed by atoms with Crippen LogP contribution >= 0.6 is 11.6 Å². The van der Waals surface area contributed by atoms with Crippen molar-refractivity contribution >= 4 is 23.8 Å². The van der Waals surface area contributed by atoms with Crippen LogP contribution in [-0.2, 0) is 16.8 Å². The Morgan fingerprint density at radius 2 is 1.76 bits per heavy atom. The van der Waals surface area contributed by atoms with Crippen LogP contribution in [0.2, 0.25) is 5.02 Å². The first-order valence-electron chi connectivity index (χ1n) is 11.5. The highest BCUT2D eigenvalue weighted by Gasteiger charge is 2.53. The van der Waals surface area contributed by atoms with E-state index in [0.717, 1.165) is 29.7 Å². The fourth-order valence-electron chi connectivity index (χ4n) is 4.61. The van der Waals surface area contributed by atoms with E-state index in [1.54, 1.807) is 12.4 Å². The summed E-state index contributed by atoms with van der Waals surface area (Å²) in [5, 5.41) is 3.87. The summed E-state index contributed by atoms with van der Waals surface area (Å²) >= 11 is 6.20. The van der Waals surface area contributed by atoms with Crippen molar-refractivity contribution in [1.82, 2.24) is 15.2 Å². The molecule has 2 aromatic carbocycles. The second-order valence-corrected chi connectivity index (χ2v) is 9.27. The van der Waals surface area contributed by atoms with Gasteiger partial charge in [0.15, 0.2) is 5.54 Å². The highest BCUT2D eigenvalue weighted by molar-refractivity contribution is 6.30. The first-order chi connectivity index (χ1) is 16.2. The van der Waals surface area contributed by atoms with Crippen LogP contribution in [0.1, 0.15) is 35.6 Å². The molecule has 0 bridgehead atoms. The number of carbonyl (C=O) groups is 1. The van der Waals surface area contributed by atoms with Gasteiger partial charge >= 0.3 is 0 Å². The van der Waals surface area contributed by atoms with E-state index in [-0.39, 0.29) is 11.9 Å². The Labute approximate surface area is 199 Å². The average Bonchev–Trinajstić information content (AvgIpc) is 3.59. The number of carbonyl (C=O) groups excluding carboxylic acids is 1. The van der Waals surface area contributed by atoms with Crippen LogP contribution in [0.15, 0.2) is 84.1 Å². The molecule has 1 aromatic heterocycles. The Morgan fingerprint density at radius 3 is 2.45 bits per heavy atom. The highest BCUT2D eigenvalue weighted by atomic mass is 35.5. The molecule has 33 heavy (non-hydrogen) atoms. The van der Waals surface area contributed by atoms with Gasteiger partial charge in [-0.05, 0) is 66.1 Å². The van der Waals surface area contributed by atoms with Gasteiger partial charge in [0.25, 0.3) is 5.91 Å². The second-order valence-electron chi connectivity index (χ2n) is 8.83. The number of pyridine rings is 1. The van der Waals surface area contributed by atoms with Gasteiger partial charge in [0.1, 0.15) is 0 Å². The topological polar surface area (TPSA) is 57.6 Å². The predicted molar refractivity (Wildman–Crippen MR) is 131 cm³/mol. The van der Waals surface area contributed by atoms with E-state index < -0.39 is 5.54 Å². The summed E-state index contributed by atoms with van der Waals surface area (Å²) in [4.78, 5) is 25.2. The number of halogens is 1. The Balaban J connectivity index is 1.50. The molecule has 2 atom stereocenters. The van der Waals surface area contributed by atoms with Gasteiger partial charge < -0.3 is 10.2 Å². The fourth-order valence-corrected chi connectivity index (χ4v) is 4.74. The van der Waals surface area contributed by atoms with Gasteiger partial charge in [0.2, 0.25) is 0 Å². The zero-order valence-electron chi connectivity index (χ0n) is 18.4. The molecular formula is C27H27ClN4O. The van der Waals surface area contributed by atoms with Gasteiger partial charge in [-0.1, -0.05) is 54.1 Å². The normalized spacial score (nSPS) is 21.8. The van der Waals surface area contributed by atoms with E-state index in [1.165, 1.54) is 12.8 Å². The van der Waals surface area contributed by atoms with Crippen molar-refractivity contribution < 1.29 is 4.79 Å². The van der Waals surface area contributed by atoms with Crippen LogP contribution in [0.5, 0.6) is 0 Å². The van der Waals surface area contributed by atoms with Gasteiger partial charge in [-0.3, -0.25) is 14.8 Å². The maximum Gasteiger partial charge on any atom is 0.255 e. The fraction of sp³-hybridized carbons (Fsp3) is 0.296. The molecule has 2 heterocycles. The maximum atomic E-state index is 14.0. The lowest BCUT2D eigenvalue weighted by Crippen LogP contribution is -2.49. The number of rotatable bonds is 8. The third-order valence-electron chi connectivity index (χ3n) is 6.50. The Morgan fingerprint density at radius 1 is 1.03 bits per heavy atom. The number of hydrogen-bond donors (Lipinski definition) is 1. The molecule has 2 unspecified atom stereocenters. The van der Waals surface area contributed by atoms with Crippen LogP contribution in [-0.4, -0.2) is 35.2 Å². The largest absolute Gasteiger partial charge is 0.353 e. The van der Waals surface area contributed by atoms with Gasteiger partial charge in [0.05, 0.1) is 12.4 Å². The molecular weight excluding hydrogens is 432 g/mol. The minimum Gasteiger partial charge on any atom is -0.353 e. The zero-order valence-corrected chi connectivity index (χ0v) is 19.2. The molecule has 5 nitrogen and oxygen atoms in total. The monoisotopic (exact) mass is 458 g/mol. The third kappa shape index (κ3) is 4.51. The average molecular weight is 459 g/mol. The molecule has 0 saturated heterocycles. The molecule has 1 aliphatic heterocycles. The number of aliphatic imine (C=N–C) groups is 1. The van der Waals surface area contributed by atoms with E-state index in [2.05, 4.69) is 15.2 Å². The van der Waals surface area contributed by atoms with Crippen molar-refractivity contribution in [3.8, 4) is 0 Å². The van der Waals surface area contributed by atoms with Crippen molar-refractivity contribution in [1.29, 1.82) is 0 Å². The highest BCUT2D eigenvalue weighted by Crippen LogP contribution is 2.47. The van der Waals surface area contributed by atoms with Crippen molar-refractivity contribution in [3.05, 3.63) is 101 Å². The number of benzene rings is 2. The summed E-state index contributed by atoms with van der Waals surface area (Å²) in [6.07, 6.45) is 8.63. The number of amides is 1. The van der Waals surface area contributed by atoms with E-state index >= 15 is 0 Å². The minimum absolute atomic E-state index is 0.0859. The molecule has 6 heteroatoms. The van der Waals surface area contributed by atoms with Crippen LogP contribution in [0.25, 0.3) is 0 Å².